The fraction of sp³-hybridized carbons (Fsp3) is 0.400. The summed E-state index contributed by atoms with van der Waals surface area (Å²) in [4.78, 5) is 0. The Morgan fingerprint density at radius 2 is 2.23 bits per heavy atom. The van der Waals surface area contributed by atoms with Crippen LogP contribution >= 0.6 is 0 Å². The highest BCUT2D eigenvalue weighted by molar-refractivity contribution is 5.26. The topological polar surface area (TPSA) is 38.0 Å². The second-order valence-corrected chi connectivity index (χ2v) is 3.13. The van der Waals surface area contributed by atoms with E-state index in [1.54, 1.807) is 12.1 Å². The summed E-state index contributed by atoms with van der Waals surface area (Å²) in [6.45, 7) is 2.75. The highest BCUT2D eigenvalue weighted by atomic mass is 19.1. The molecule has 0 unspecified atom stereocenters. The lowest BCUT2D eigenvalue weighted by atomic mass is 10.0. The number of hydrazine groups is 1. The van der Waals surface area contributed by atoms with Gasteiger partial charge in [0.25, 0.3) is 0 Å². The Kier molecular flexibility index (Phi) is 3.86. The first kappa shape index (κ1) is 10.2. The first-order chi connectivity index (χ1) is 6.24. The van der Waals surface area contributed by atoms with Crippen LogP contribution in [0, 0.1) is 12.7 Å². The van der Waals surface area contributed by atoms with E-state index < -0.39 is 0 Å². The van der Waals surface area contributed by atoms with Crippen molar-refractivity contribution in [2.24, 2.45) is 5.84 Å². The third-order valence-corrected chi connectivity index (χ3v) is 2.08. The Labute approximate surface area is 77.9 Å². The molecule has 0 heterocycles. The molecule has 1 aromatic rings. The Hall–Kier alpha value is -0.930. The summed E-state index contributed by atoms with van der Waals surface area (Å²) in [6, 6.07) is 4.88. The molecule has 0 amide bonds. The molecule has 0 saturated heterocycles. The van der Waals surface area contributed by atoms with Crippen molar-refractivity contribution in [3.8, 4) is 0 Å². The van der Waals surface area contributed by atoms with Crippen molar-refractivity contribution in [2.45, 2.75) is 19.8 Å². The molecule has 0 fully saturated rings. The number of nitrogens with two attached hydrogens (primary N) is 1. The Morgan fingerprint density at radius 3 is 2.92 bits per heavy atom. The third-order valence-electron chi connectivity index (χ3n) is 2.08. The molecule has 2 nitrogen and oxygen atoms in total. The van der Waals surface area contributed by atoms with Gasteiger partial charge in [0, 0.05) is 6.54 Å². The van der Waals surface area contributed by atoms with Crippen LogP contribution in [0.5, 0.6) is 0 Å². The van der Waals surface area contributed by atoms with E-state index in [0.717, 1.165) is 30.5 Å². The van der Waals surface area contributed by atoms with Crippen molar-refractivity contribution in [1.29, 1.82) is 0 Å². The predicted octanol–water partition coefficient (Wildman–Crippen LogP) is 1.53. The van der Waals surface area contributed by atoms with Crippen LogP contribution in [0.3, 0.4) is 0 Å². The third kappa shape index (κ3) is 3.13. The molecule has 0 radical (unpaired) electrons. The molecule has 0 aliphatic heterocycles. The minimum Gasteiger partial charge on any atom is -0.271 e. The van der Waals surface area contributed by atoms with E-state index in [0.29, 0.717) is 0 Å². The SMILES string of the molecule is Cc1ccc(F)cc1CCCNN. The van der Waals surface area contributed by atoms with Crippen LogP contribution in [-0.2, 0) is 6.42 Å². The maximum absolute atomic E-state index is 12.8. The van der Waals surface area contributed by atoms with E-state index in [1.807, 2.05) is 6.92 Å². The summed E-state index contributed by atoms with van der Waals surface area (Å²) in [5.74, 6) is 4.97. The van der Waals surface area contributed by atoms with Gasteiger partial charge in [-0.05, 0) is 43.0 Å². The summed E-state index contributed by atoms with van der Waals surface area (Å²) in [6.07, 6.45) is 1.80. The van der Waals surface area contributed by atoms with Gasteiger partial charge in [0.2, 0.25) is 0 Å². The van der Waals surface area contributed by atoms with E-state index >= 15 is 0 Å². The van der Waals surface area contributed by atoms with Gasteiger partial charge in [-0.25, -0.2) is 4.39 Å². The molecule has 0 atom stereocenters. The normalized spacial score (nSPS) is 10.4. The summed E-state index contributed by atoms with van der Waals surface area (Å²) in [5, 5.41) is 0. The van der Waals surface area contributed by atoms with Gasteiger partial charge in [0.1, 0.15) is 5.82 Å². The van der Waals surface area contributed by atoms with Crippen LogP contribution in [0.2, 0.25) is 0 Å². The van der Waals surface area contributed by atoms with E-state index in [4.69, 9.17) is 5.84 Å². The molecule has 3 N–H and O–H groups in total. The maximum atomic E-state index is 12.8. The van der Waals surface area contributed by atoms with Crippen LogP contribution in [-0.4, -0.2) is 6.54 Å². The van der Waals surface area contributed by atoms with Gasteiger partial charge in [-0.3, -0.25) is 11.3 Å². The van der Waals surface area contributed by atoms with Gasteiger partial charge in [0.05, 0.1) is 0 Å². The minimum atomic E-state index is -0.165. The number of benzene rings is 1. The molecule has 0 saturated carbocycles. The van der Waals surface area contributed by atoms with E-state index in [-0.39, 0.29) is 5.82 Å². The second-order valence-electron chi connectivity index (χ2n) is 3.13. The fourth-order valence-electron chi connectivity index (χ4n) is 1.29. The van der Waals surface area contributed by atoms with Crippen molar-refractivity contribution in [2.75, 3.05) is 6.54 Å². The monoisotopic (exact) mass is 182 g/mol. The number of rotatable bonds is 4. The average Bonchev–Trinajstić information content (AvgIpc) is 2.11. The van der Waals surface area contributed by atoms with Crippen LogP contribution in [0.1, 0.15) is 17.5 Å². The second kappa shape index (κ2) is 4.94. The van der Waals surface area contributed by atoms with Crippen molar-refractivity contribution < 1.29 is 4.39 Å². The predicted molar refractivity (Wildman–Crippen MR) is 51.6 cm³/mol. The maximum Gasteiger partial charge on any atom is 0.123 e. The first-order valence-corrected chi connectivity index (χ1v) is 4.42. The smallest absolute Gasteiger partial charge is 0.123 e. The molecule has 0 spiro atoms. The van der Waals surface area contributed by atoms with Gasteiger partial charge in [-0.2, -0.15) is 0 Å². The average molecular weight is 182 g/mol. The van der Waals surface area contributed by atoms with Crippen molar-refractivity contribution in [1.82, 2.24) is 5.43 Å². The van der Waals surface area contributed by atoms with Crippen LogP contribution in [0.15, 0.2) is 18.2 Å². The Bertz CT molecular complexity index is 274. The van der Waals surface area contributed by atoms with Gasteiger partial charge in [-0.15, -0.1) is 0 Å². The lowest BCUT2D eigenvalue weighted by molar-refractivity contribution is 0.621. The zero-order valence-corrected chi connectivity index (χ0v) is 7.81. The number of aryl methyl sites for hydroxylation is 2. The van der Waals surface area contributed by atoms with Gasteiger partial charge < -0.3 is 0 Å². The molecule has 0 aromatic heterocycles. The number of nitrogens with one attached hydrogen (secondary N) is 1. The van der Waals surface area contributed by atoms with E-state index in [9.17, 15) is 4.39 Å². The first-order valence-electron chi connectivity index (χ1n) is 4.42. The number of halogens is 1. The molecule has 72 valence electrons. The Morgan fingerprint density at radius 1 is 1.46 bits per heavy atom. The molecular formula is C10H15FN2. The molecule has 0 aliphatic carbocycles. The van der Waals surface area contributed by atoms with Crippen LogP contribution in [0.4, 0.5) is 4.39 Å². The molecule has 13 heavy (non-hydrogen) atoms. The van der Waals surface area contributed by atoms with Gasteiger partial charge in [0.15, 0.2) is 0 Å². The van der Waals surface area contributed by atoms with Crippen LogP contribution < -0.4 is 11.3 Å². The summed E-state index contributed by atoms with van der Waals surface area (Å²) in [7, 11) is 0. The molecule has 1 rings (SSSR count). The van der Waals surface area contributed by atoms with E-state index in [2.05, 4.69) is 5.43 Å². The van der Waals surface area contributed by atoms with Gasteiger partial charge in [-0.1, -0.05) is 6.07 Å². The lowest BCUT2D eigenvalue weighted by Crippen LogP contribution is -2.23. The number of hydrogen-bond donors (Lipinski definition) is 2. The number of hydrogen-bond acceptors (Lipinski definition) is 2. The summed E-state index contributed by atoms with van der Waals surface area (Å²) >= 11 is 0. The zero-order valence-electron chi connectivity index (χ0n) is 7.81. The van der Waals surface area contributed by atoms with Crippen molar-refractivity contribution in [3.05, 3.63) is 35.1 Å². The molecule has 0 aliphatic rings. The largest absolute Gasteiger partial charge is 0.271 e. The summed E-state index contributed by atoms with van der Waals surface area (Å²) in [5.41, 5.74) is 4.78. The zero-order chi connectivity index (χ0) is 9.68. The Balaban J connectivity index is 2.59. The highest BCUT2D eigenvalue weighted by Gasteiger charge is 1.99. The van der Waals surface area contributed by atoms with E-state index in [1.165, 1.54) is 6.07 Å². The summed E-state index contributed by atoms with van der Waals surface area (Å²) < 4.78 is 12.8. The molecular weight excluding hydrogens is 167 g/mol. The quantitative estimate of drug-likeness (QED) is 0.421. The van der Waals surface area contributed by atoms with Gasteiger partial charge >= 0.3 is 0 Å². The molecule has 0 bridgehead atoms. The standard InChI is InChI=1S/C10H15FN2/c1-8-4-5-10(11)7-9(8)3-2-6-13-12/h4-5,7,13H,2-3,6,12H2,1H3. The minimum absolute atomic E-state index is 0.165. The molecule has 3 heteroatoms. The van der Waals surface area contributed by atoms with Crippen LogP contribution in [0.25, 0.3) is 0 Å². The highest BCUT2D eigenvalue weighted by Crippen LogP contribution is 2.11. The lowest BCUT2D eigenvalue weighted by Gasteiger charge is -2.05. The van der Waals surface area contributed by atoms with Crippen molar-refractivity contribution >= 4 is 0 Å². The molecule has 1 aromatic carbocycles. The fourth-order valence-corrected chi connectivity index (χ4v) is 1.29. The van der Waals surface area contributed by atoms with Crippen molar-refractivity contribution in [3.63, 3.8) is 0 Å².